The van der Waals surface area contributed by atoms with E-state index in [0.717, 1.165) is 22.0 Å². The number of nitrogens with one attached hydrogen (secondary N) is 1. The van der Waals surface area contributed by atoms with Gasteiger partial charge >= 0.3 is 0 Å². The van der Waals surface area contributed by atoms with Crippen LogP contribution in [0.5, 0.6) is 0 Å². The molecule has 1 N–H and O–H groups in total. The van der Waals surface area contributed by atoms with Crippen molar-refractivity contribution in [3.05, 3.63) is 70.5 Å². The molecule has 7 heteroatoms. The molecule has 5 nitrogen and oxygen atoms in total. The van der Waals surface area contributed by atoms with Gasteiger partial charge in [0.2, 0.25) is 5.91 Å². The summed E-state index contributed by atoms with van der Waals surface area (Å²) in [6.07, 6.45) is 3.57. The summed E-state index contributed by atoms with van der Waals surface area (Å²) in [5, 5.41) is 5.82. The number of anilines is 1. The number of pyridine rings is 1. The molecule has 0 saturated carbocycles. The maximum absolute atomic E-state index is 13.2. The maximum atomic E-state index is 13.2. The van der Waals surface area contributed by atoms with E-state index in [-0.39, 0.29) is 11.8 Å². The minimum Gasteiger partial charge on any atom is -0.356 e. The third-order valence-electron chi connectivity index (χ3n) is 4.67. The Kier molecular flexibility index (Phi) is 6.27. The molecule has 2 amide bonds. The first-order valence-electron chi connectivity index (χ1n) is 9.55. The number of hydrogen-bond donors (Lipinski definition) is 1. The fourth-order valence-electron chi connectivity index (χ4n) is 3.25. The fourth-order valence-corrected chi connectivity index (χ4v) is 4.97. The molecule has 0 bridgehead atoms. The predicted octanol–water partition coefficient (Wildman–Crippen LogP) is 4.39. The summed E-state index contributed by atoms with van der Waals surface area (Å²) in [7, 11) is 0. The summed E-state index contributed by atoms with van der Waals surface area (Å²) >= 11 is 3.21. The summed E-state index contributed by atoms with van der Waals surface area (Å²) in [6.45, 7) is 1.11. The summed E-state index contributed by atoms with van der Waals surface area (Å²) < 4.78 is 0. The molecule has 1 aromatic carbocycles. The average molecular weight is 424 g/mol. The van der Waals surface area contributed by atoms with Crippen molar-refractivity contribution < 1.29 is 9.59 Å². The number of carbonyl (C=O) groups is 2. The Morgan fingerprint density at radius 2 is 2.00 bits per heavy atom. The van der Waals surface area contributed by atoms with Crippen molar-refractivity contribution in [3.8, 4) is 0 Å². The van der Waals surface area contributed by atoms with Crippen LogP contribution < -0.4 is 10.2 Å². The Bertz CT molecular complexity index is 1000. The van der Waals surface area contributed by atoms with Crippen molar-refractivity contribution in [2.24, 2.45) is 0 Å². The van der Waals surface area contributed by atoms with Gasteiger partial charge in [-0.05, 0) is 48.6 Å². The van der Waals surface area contributed by atoms with Crippen LogP contribution in [0.4, 0.5) is 5.69 Å². The van der Waals surface area contributed by atoms with Crippen LogP contribution in [-0.2, 0) is 11.2 Å². The van der Waals surface area contributed by atoms with Gasteiger partial charge in [-0.1, -0.05) is 30.0 Å². The highest BCUT2D eigenvalue weighted by Gasteiger charge is 2.27. The topological polar surface area (TPSA) is 62.3 Å². The molecule has 0 fully saturated rings. The Labute approximate surface area is 178 Å². The number of nitrogens with zero attached hydrogens (tertiary/aromatic N) is 2. The zero-order valence-electron chi connectivity index (χ0n) is 15.8. The summed E-state index contributed by atoms with van der Waals surface area (Å²) in [5.74, 6) is -0.0250. The van der Waals surface area contributed by atoms with Crippen LogP contribution >= 0.6 is 23.1 Å². The minimum atomic E-state index is -0.0436. The SMILES string of the molecule is O=C(CCCN1C(=O)c2ccccc2Sc2ncccc21)NCCc1cccs1. The second kappa shape index (κ2) is 9.24. The van der Waals surface area contributed by atoms with E-state index in [4.69, 9.17) is 0 Å². The monoisotopic (exact) mass is 423 g/mol. The van der Waals surface area contributed by atoms with E-state index in [2.05, 4.69) is 16.4 Å². The van der Waals surface area contributed by atoms with Crippen LogP contribution in [-0.4, -0.2) is 29.9 Å². The molecule has 148 valence electrons. The summed E-state index contributed by atoms with van der Waals surface area (Å²) in [6, 6.07) is 15.4. The van der Waals surface area contributed by atoms with Crippen LogP contribution in [0.1, 0.15) is 28.1 Å². The molecule has 1 aliphatic rings. The smallest absolute Gasteiger partial charge is 0.259 e. The van der Waals surface area contributed by atoms with Crippen molar-refractivity contribution in [1.29, 1.82) is 0 Å². The Hall–Kier alpha value is -2.64. The van der Waals surface area contributed by atoms with Crippen molar-refractivity contribution >= 4 is 40.6 Å². The largest absolute Gasteiger partial charge is 0.356 e. The second-order valence-electron chi connectivity index (χ2n) is 6.67. The van der Waals surface area contributed by atoms with Gasteiger partial charge in [-0.25, -0.2) is 4.98 Å². The normalized spacial score (nSPS) is 12.8. The number of benzene rings is 1. The van der Waals surface area contributed by atoms with Gasteiger partial charge in [-0.15, -0.1) is 11.3 Å². The fraction of sp³-hybridized carbons (Fsp3) is 0.227. The number of carbonyl (C=O) groups excluding carboxylic acids is 2. The standard InChI is InChI=1S/C22H21N3O2S2/c26-20(23-13-11-16-6-5-15-28-16)10-4-14-25-18-8-3-12-24-21(18)29-19-9-2-1-7-17(19)22(25)27/h1-3,5-9,12,15H,4,10-11,13-14H2,(H,23,26). The molecule has 4 rings (SSSR count). The molecule has 0 radical (unpaired) electrons. The first kappa shape index (κ1) is 19.7. The van der Waals surface area contributed by atoms with Gasteiger partial charge in [0.05, 0.1) is 11.3 Å². The number of rotatable bonds is 7. The lowest BCUT2D eigenvalue weighted by atomic mass is 10.1. The first-order chi connectivity index (χ1) is 14.2. The lowest BCUT2D eigenvalue weighted by molar-refractivity contribution is -0.121. The van der Waals surface area contributed by atoms with Gasteiger partial charge in [0, 0.05) is 35.5 Å². The molecular weight excluding hydrogens is 402 g/mol. The minimum absolute atomic E-state index is 0.0185. The van der Waals surface area contributed by atoms with E-state index in [1.165, 1.54) is 16.6 Å². The van der Waals surface area contributed by atoms with Crippen LogP contribution in [0.15, 0.2) is 70.0 Å². The second-order valence-corrected chi connectivity index (χ2v) is 8.73. The molecule has 0 spiro atoms. The summed E-state index contributed by atoms with van der Waals surface area (Å²) in [4.78, 5) is 33.7. The van der Waals surface area contributed by atoms with Crippen LogP contribution in [0, 0.1) is 0 Å². The molecule has 1 aliphatic heterocycles. The maximum Gasteiger partial charge on any atom is 0.259 e. The highest BCUT2D eigenvalue weighted by atomic mass is 32.2. The van der Waals surface area contributed by atoms with Gasteiger partial charge < -0.3 is 10.2 Å². The van der Waals surface area contributed by atoms with Crippen LogP contribution in [0.2, 0.25) is 0 Å². The number of thiophene rings is 1. The van der Waals surface area contributed by atoms with Gasteiger partial charge in [0.1, 0.15) is 5.03 Å². The predicted molar refractivity (Wildman–Crippen MR) is 117 cm³/mol. The van der Waals surface area contributed by atoms with E-state index in [9.17, 15) is 9.59 Å². The molecule has 3 heterocycles. The number of hydrogen-bond acceptors (Lipinski definition) is 5. The van der Waals surface area contributed by atoms with Crippen LogP contribution in [0.25, 0.3) is 0 Å². The van der Waals surface area contributed by atoms with Gasteiger partial charge in [0.15, 0.2) is 0 Å². The zero-order chi connectivity index (χ0) is 20.1. The zero-order valence-corrected chi connectivity index (χ0v) is 17.5. The van der Waals surface area contributed by atoms with Crippen molar-refractivity contribution in [2.45, 2.75) is 29.2 Å². The average Bonchev–Trinajstić information content (AvgIpc) is 3.22. The molecular formula is C22H21N3O2S2. The molecule has 29 heavy (non-hydrogen) atoms. The van der Waals surface area contributed by atoms with E-state index in [1.54, 1.807) is 22.4 Å². The number of amides is 2. The number of aromatic nitrogens is 1. The van der Waals surface area contributed by atoms with E-state index in [0.29, 0.717) is 31.5 Å². The van der Waals surface area contributed by atoms with E-state index < -0.39 is 0 Å². The number of fused-ring (bicyclic) bond motifs is 2. The lowest BCUT2D eigenvalue weighted by Gasteiger charge is -2.22. The van der Waals surface area contributed by atoms with E-state index >= 15 is 0 Å². The highest BCUT2D eigenvalue weighted by Crippen LogP contribution is 2.39. The first-order valence-corrected chi connectivity index (χ1v) is 11.2. The van der Waals surface area contributed by atoms with Gasteiger partial charge in [0.25, 0.3) is 5.91 Å². The third kappa shape index (κ3) is 4.68. The third-order valence-corrected chi connectivity index (χ3v) is 6.69. The van der Waals surface area contributed by atoms with Gasteiger partial charge in [-0.3, -0.25) is 9.59 Å². The van der Waals surface area contributed by atoms with Gasteiger partial charge in [-0.2, -0.15) is 0 Å². The highest BCUT2D eigenvalue weighted by molar-refractivity contribution is 7.99. The Morgan fingerprint density at radius 3 is 2.86 bits per heavy atom. The molecule has 0 aliphatic carbocycles. The van der Waals surface area contributed by atoms with Crippen molar-refractivity contribution in [1.82, 2.24) is 10.3 Å². The lowest BCUT2D eigenvalue weighted by Crippen LogP contribution is -2.33. The molecule has 2 aromatic heterocycles. The molecule has 0 saturated heterocycles. The molecule has 3 aromatic rings. The van der Waals surface area contributed by atoms with Crippen molar-refractivity contribution in [2.75, 3.05) is 18.0 Å². The van der Waals surface area contributed by atoms with E-state index in [1.807, 2.05) is 47.8 Å². The van der Waals surface area contributed by atoms with Crippen molar-refractivity contribution in [3.63, 3.8) is 0 Å². The summed E-state index contributed by atoms with van der Waals surface area (Å²) in [5.41, 5.74) is 1.48. The molecule has 0 atom stereocenters. The Morgan fingerprint density at radius 1 is 1.10 bits per heavy atom. The molecule has 0 unspecified atom stereocenters. The Balaban J connectivity index is 1.38. The quantitative estimate of drug-likeness (QED) is 0.612. The van der Waals surface area contributed by atoms with Crippen LogP contribution in [0.3, 0.4) is 0 Å².